The summed E-state index contributed by atoms with van der Waals surface area (Å²) in [5, 5.41) is 3.04. The number of anilines is 1. The average Bonchev–Trinajstić information content (AvgIpc) is 2.40. The van der Waals surface area contributed by atoms with E-state index in [-0.39, 0.29) is 5.78 Å². The highest BCUT2D eigenvalue weighted by Gasteiger charge is 2.00. The van der Waals surface area contributed by atoms with Crippen molar-refractivity contribution in [2.45, 2.75) is 6.92 Å². The minimum atomic E-state index is 0.0555. The van der Waals surface area contributed by atoms with Crippen molar-refractivity contribution in [3.63, 3.8) is 0 Å². The van der Waals surface area contributed by atoms with E-state index in [1.807, 2.05) is 31.3 Å². The lowest BCUT2D eigenvalue weighted by atomic mass is 10.1. The molecule has 3 nitrogen and oxygen atoms in total. The Bertz CT molecular complexity index is 529. The van der Waals surface area contributed by atoms with E-state index in [9.17, 15) is 4.79 Å². The van der Waals surface area contributed by atoms with E-state index in [1.54, 1.807) is 31.2 Å². The lowest BCUT2D eigenvalue weighted by molar-refractivity contribution is 0.101. The van der Waals surface area contributed by atoms with Crippen LogP contribution in [0, 0.1) is 0 Å². The van der Waals surface area contributed by atoms with Crippen LogP contribution in [-0.2, 0) is 0 Å². The maximum absolute atomic E-state index is 11.1. The zero-order valence-electron chi connectivity index (χ0n) is 10.4. The summed E-state index contributed by atoms with van der Waals surface area (Å²) in [5.41, 5.74) is 1.72. The number of hydrogen-bond acceptors (Lipinski definition) is 3. The van der Waals surface area contributed by atoms with Crippen molar-refractivity contribution in [3.8, 4) is 11.5 Å². The Kier molecular flexibility index (Phi) is 3.63. The Balaban J connectivity index is 2.10. The summed E-state index contributed by atoms with van der Waals surface area (Å²) in [6, 6.07) is 14.8. The Morgan fingerprint density at radius 1 is 0.944 bits per heavy atom. The third kappa shape index (κ3) is 2.88. The van der Waals surface area contributed by atoms with Crippen LogP contribution in [0.2, 0.25) is 0 Å². The third-order valence-electron chi connectivity index (χ3n) is 2.64. The van der Waals surface area contributed by atoms with Crippen molar-refractivity contribution in [2.75, 3.05) is 12.4 Å². The van der Waals surface area contributed by atoms with Crippen molar-refractivity contribution in [2.24, 2.45) is 0 Å². The van der Waals surface area contributed by atoms with Gasteiger partial charge in [-0.1, -0.05) is 0 Å². The van der Waals surface area contributed by atoms with Crippen LogP contribution in [0.25, 0.3) is 0 Å². The number of ether oxygens (including phenoxy) is 1. The lowest BCUT2D eigenvalue weighted by Gasteiger charge is -2.07. The Labute approximate surface area is 106 Å². The fourth-order valence-corrected chi connectivity index (χ4v) is 1.58. The van der Waals surface area contributed by atoms with E-state index in [1.165, 1.54) is 0 Å². The second-order valence-corrected chi connectivity index (χ2v) is 3.96. The maximum Gasteiger partial charge on any atom is 0.159 e. The van der Waals surface area contributed by atoms with Gasteiger partial charge < -0.3 is 10.1 Å². The number of nitrogens with one attached hydrogen (secondary N) is 1. The topological polar surface area (TPSA) is 38.3 Å². The quantitative estimate of drug-likeness (QED) is 0.829. The van der Waals surface area contributed by atoms with Gasteiger partial charge in [0.05, 0.1) is 0 Å². The second-order valence-electron chi connectivity index (χ2n) is 3.96. The monoisotopic (exact) mass is 241 g/mol. The van der Waals surface area contributed by atoms with Crippen molar-refractivity contribution in [1.29, 1.82) is 0 Å². The first kappa shape index (κ1) is 12.2. The van der Waals surface area contributed by atoms with Gasteiger partial charge in [-0.2, -0.15) is 0 Å². The Morgan fingerprint density at radius 3 is 1.89 bits per heavy atom. The van der Waals surface area contributed by atoms with Crippen LogP contribution in [0.4, 0.5) is 5.69 Å². The van der Waals surface area contributed by atoms with E-state index in [2.05, 4.69) is 5.32 Å². The molecular weight excluding hydrogens is 226 g/mol. The van der Waals surface area contributed by atoms with Crippen LogP contribution in [0.1, 0.15) is 17.3 Å². The minimum absolute atomic E-state index is 0.0555. The SMILES string of the molecule is CNc1ccc(Oc2ccc(C(C)=O)cc2)cc1. The summed E-state index contributed by atoms with van der Waals surface area (Å²) in [5.74, 6) is 1.54. The molecule has 0 aliphatic rings. The number of hydrogen-bond donors (Lipinski definition) is 1. The van der Waals surface area contributed by atoms with Crippen LogP contribution in [0.5, 0.6) is 11.5 Å². The van der Waals surface area contributed by atoms with Crippen molar-refractivity contribution < 1.29 is 9.53 Å². The molecule has 18 heavy (non-hydrogen) atoms. The summed E-state index contributed by atoms with van der Waals surface area (Å²) >= 11 is 0. The van der Waals surface area contributed by atoms with Gasteiger partial charge in [0.15, 0.2) is 5.78 Å². The van der Waals surface area contributed by atoms with E-state index >= 15 is 0 Å². The van der Waals surface area contributed by atoms with Crippen LogP contribution >= 0.6 is 0 Å². The first-order chi connectivity index (χ1) is 8.69. The van der Waals surface area contributed by atoms with E-state index in [4.69, 9.17) is 4.74 Å². The van der Waals surface area contributed by atoms with E-state index in [0.29, 0.717) is 5.56 Å². The van der Waals surface area contributed by atoms with Gasteiger partial charge >= 0.3 is 0 Å². The highest BCUT2D eigenvalue weighted by molar-refractivity contribution is 5.94. The smallest absolute Gasteiger partial charge is 0.159 e. The van der Waals surface area contributed by atoms with E-state index in [0.717, 1.165) is 17.2 Å². The zero-order valence-corrected chi connectivity index (χ0v) is 10.4. The number of Topliss-reactive ketones (excluding diaryl/α,β-unsaturated/α-hetero) is 1. The zero-order chi connectivity index (χ0) is 13.0. The summed E-state index contributed by atoms with van der Waals surface area (Å²) in [6.45, 7) is 1.55. The molecule has 1 N–H and O–H groups in total. The Morgan fingerprint density at radius 2 is 1.44 bits per heavy atom. The van der Waals surface area contributed by atoms with Gasteiger partial charge in [-0.3, -0.25) is 4.79 Å². The molecule has 0 radical (unpaired) electrons. The molecule has 0 aromatic heterocycles. The van der Waals surface area contributed by atoms with Crippen molar-refractivity contribution in [3.05, 3.63) is 54.1 Å². The van der Waals surface area contributed by atoms with Gasteiger partial charge in [0.1, 0.15) is 11.5 Å². The molecule has 0 amide bonds. The molecule has 2 aromatic rings. The van der Waals surface area contributed by atoms with E-state index < -0.39 is 0 Å². The van der Waals surface area contributed by atoms with Crippen LogP contribution in [0.3, 0.4) is 0 Å². The average molecular weight is 241 g/mol. The number of carbonyl (C=O) groups excluding carboxylic acids is 1. The van der Waals surface area contributed by atoms with Gasteiger partial charge in [0, 0.05) is 18.3 Å². The first-order valence-electron chi connectivity index (χ1n) is 5.76. The highest BCUT2D eigenvalue weighted by Crippen LogP contribution is 2.23. The fourth-order valence-electron chi connectivity index (χ4n) is 1.58. The second kappa shape index (κ2) is 5.36. The Hall–Kier alpha value is -2.29. The molecule has 3 heteroatoms. The predicted octanol–water partition coefficient (Wildman–Crippen LogP) is 3.72. The molecule has 0 saturated heterocycles. The molecule has 0 bridgehead atoms. The largest absolute Gasteiger partial charge is 0.457 e. The molecule has 92 valence electrons. The number of benzene rings is 2. The molecule has 0 saturated carbocycles. The van der Waals surface area contributed by atoms with Crippen LogP contribution in [0.15, 0.2) is 48.5 Å². The standard InChI is InChI=1S/C15H15NO2/c1-11(17)12-3-7-14(8-4-12)18-15-9-5-13(16-2)6-10-15/h3-10,16H,1-2H3. The van der Waals surface area contributed by atoms with Gasteiger partial charge in [0.2, 0.25) is 0 Å². The van der Waals surface area contributed by atoms with Gasteiger partial charge in [-0.15, -0.1) is 0 Å². The molecule has 0 spiro atoms. The molecule has 0 heterocycles. The number of rotatable bonds is 4. The molecular formula is C15H15NO2. The highest BCUT2D eigenvalue weighted by atomic mass is 16.5. The van der Waals surface area contributed by atoms with Crippen molar-refractivity contribution in [1.82, 2.24) is 0 Å². The molecule has 0 fully saturated rings. The number of carbonyl (C=O) groups is 1. The van der Waals surface area contributed by atoms with Gasteiger partial charge in [-0.05, 0) is 55.5 Å². The summed E-state index contributed by atoms with van der Waals surface area (Å²) in [6.07, 6.45) is 0. The molecule has 0 atom stereocenters. The first-order valence-corrected chi connectivity index (χ1v) is 5.76. The van der Waals surface area contributed by atoms with Gasteiger partial charge in [0.25, 0.3) is 0 Å². The molecule has 0 aliphatic heterocycles. The molecule has 0 unspecified atom stereocenters. The maximum atomic E-state index is 11.1. The fraction of sp³-hybridized carbons (Fsp3) is 0.133. The molecule has 0 aliphatic carbocycles. The summed E-state index contributed by atoms with van der Waals surface area (Å²) in [7, 11) is 1.87. The molecule has 2 rings (SSSR count). The number of ketones is 1. The normalized spacial score (nSPS) is 9.89. The van der Waals surface area contributed by atoms with Crippen LogP contribution < -0.4 is 10.1 Å². The van der Waals surface area contributed by atoms with Crippen LogP contribution in [-0.4, -0.2) is 12.8 Å². The minimum Gasteiger partial charge on any atom is -0.457 e. The summed E-state index contributed by atoms with van der Waals surface area (Å²) < 4.78 is 5.67. The third-order valence-corrected chi connectivity index (χ3v) is 2.64. The lowest BCUT2D eigenvalue weighted by Crippen LogP contribution is -1.92. The molecule has 2 aromatic carbocycles. The summed E-state index contributed by atoms with van der Waals surface area (Å²) in [4.78, 5) is 11.1. The predicted molar refractivity (Wildman–Crippen MR) is 72.5 cm³/mol. The van der Waals surface area contributed by atoms with Crippen molar-refractivity contribution >= 4 is 11.5 Å². The van der Waals surface area contributed by atoms with Gasteiger partial charge in [-0.25, -0.2) is 0 Å².